The van der Waals surface area contributed by atoms with Gasteiger partial charge in [0.15, 0.2) is 11.5 Å². The molecule has 0 fully saturated rings. The largest absolute Gasteiger partial charge is 0.493 e. The summed E-state index contributed by atoms with van der Waals surface area (Å²) in [7, 11) is -0.734. The van der Waals surface area contributed by atoms with Crippen LogP contribution in [-0.4, -0.2) is 28.5 Å². The number of nitrogens with one attached hydrogen (secondary N) is 2. The van der Waals surface area contributed by atoms with E-state index in [1.807, 2.05) is 19.9 Å². The van der Waals surface area contributed by atoms with Crippen molar-refractivity contribution in [1.29, 1.82) is 0 Å². The molecule has 0 unspecified atom stereocenters. The summed E-state index contributed by atoms with van der Waals surface area (Å²) in [4.78, 5) is 13.0. The third-order valence-electron chi connectivity index (χ3n) is 5.05. The van der Waals surface area contributed by atoms with Crippen LogP contribution in [0.4, 0.5) is 5.69 Å². The van der Waals surface area contributed by atoms with Gasteiger partial charge in [0.1, 0.15) is 0 Å². The van der Waals surface area contributed by atoms with E-state index in [0.29, 0.717) is 11.5 Å². The molecule has 33 heavy (non-hydrogen) atoms. The maximum atomic E-state index is 12.9. The second kappa shape index (κ2) is 10.1. The molecule has 1 amide bonds. The van der Waals surface area contributed by atoms with Crippen LogP contribution in [0.2, 0.25) is 5.02 Å². The summed E-state index contributed by atoms with van der Waals surface area (Å²) >= 11 is 6.24. The molecule has 174 valence electrons. The lowest BCUT2D eigenvalue weighted by molar-refractivity contribution is 0.0940. The van der Waals surface area contributed by atoms with E-state index in [0.717, 1.165) is 11.1 Å². The molecule has 0 saturated heterocycles. The number of halogens is 1. The number of amides is 1. The SMILES string of the molecule is COc1ccc([C@H](C)NC(=O)c2cc(NS(=O)(=O)c3ccc(C)cc3)ccc2Cl)cc1OC. The predicted octanol–water partition coefficient (Wildman–Crippen LogP) is 4.96. The fourth-order valence-electron chi connectivity index (χ4n) is 3.17. The van der Waals surface area contributed by atoms with Crippen molar-refractivity contribution in [3.05, 3.63) is 82.4 Å². The Labute approximate surface area is 198 Å². The van der Waals surface area contributed by atoms with Crippen LogP contribution in [0.15, 0.2) is 65.6 Å². The summed E-state index contributed by atoms with van der Waals surface area (Å²) in [5, 5.41) is 3.07. The molecular formula is C24H25ClN2O5S. The molecule has 0 aromatic heterocycles. The molecule has 0 heterocycles. The van der Waals surface area contributed by atoms with E-state index < -0.39 is 15.9 Å². The molecule has 9 heteroatoms. The second-order valence-electron chi connectivity index (χ2n) is 7.42. The lowest BCUT2D eigenvalue weighted by Crippen LogP contribution is -2.27. The molecule has 3 aromatic carbocycles. The molecule has 7 nitrogen and oxygen atoms in total. The number of ether oxygens (including phenoxy) is 2. The van der Waals surface area contributed by atoms with Crippen molar-refractivity contribution in [2.45, 2.75) is 24.8 Å². The maximum Gasteiger partial charge on any atom is 0.261 e. The van der Waals surface area contributed by atoms with Crippen molar-refractivity contribution < 1.29 is 22.7 Å². The van der Waals surface area contributed by atoms with Crippen LogP contribution in [-0.2, 0) is 10.0 Å². The zero-order valence-electron chi connectivity index (χ0n) is 18.7. The highest BCUT2D eigenvalue weighted by atomic mass is 35.5. The van der Waals surface area contributed by atoms with Gasteiger partial charge in [0, 0.05) is 5.69 Å². The highest BCUT2D eigenvalue weighted by molar-refractivity contribution is 7.92. The van der Waals surface area contributed by atoms with Crippen LogP contribution < -0.4 is 19.5 Å². The normalized spacial score (nSPS) is 12.0. The summed E-state index contributed by atoms with van der Waals surface area (Å²) in [6, 6.07) is 15.8. The smallest absolute Gasteiger partial charge is 0.261 e. The second-order valence-corrected chi connectivity index (χ2v) is 9.51. The van der Waals surface area contributed by atoms with Gasteiger partial charge in [0.05, 0.1) is 35.7 Å². The first-order valence-corrected chi connectivity index (χ1v) is 11.9. The molecule has 0 aliphatic heterocycles. The number of hydrogen-bond donors (Lipinski definition) is 2. The number of benzene rings is 3. The van der Waals surface area contributed by atoms with Crippen molar-refractivity contribution in [1.82, 2.24) is 5.32 Å². The maximum absolute atomic E-state index is 12.9. The molecule has 0 spiro atoms. The van der Waals surface area contributed by atoms with Gasteiger partial charge in [-0.3, -0.25) is 9.52 Å². The summed E-state index contributed by atoms with van der Waals surface area (Å²) < 4.78 is 38.4. The Morgan fingerprint density at radius 1 is 0.939 bits per heavy atom. The fraction of sp³-hybridized carbons (Fsp3) is 0.208. The Bertz CT molecular complexity index is 1260. The summed E-state index contributed by atoms with van der Waals surface area (Å²) in [6.45, 7) is 3.69. The molecule has 0 aliphatic rings. The number of hydrogen-bond acceptors (Lipinski definition) is 5. The molecule has 3 rings (SSSR count). The molecule has 3 aromatic rings. The zero-order valence-corrected chi connectivity index (χ0v) is 20.3. The monoisotopic (exact) mass is 488 g/mol. The van der Waals surface area contributed by atoms with Crippen molar-refractivity contribution >= 4 is 33.2 Å². The molecular weight excluding hydrogens is 464 g/mol. The van der Waals surface area contributed by atoms with Gasteiger partial charge in [0.25, 0.3) is 15.9 Å². The van der Waals surface area contributed by atoms with Crippen LogP contribution >= 0.6 is 11.6 Å². The number of carbonyl (C=O) groups is 1. The Morgan fingerprint density at radius 3 is 2.24 bits per heavy atom. The van der Waals surface area contributed by atoms with E-state index in [-0.39, 0.29) is 27.2 Å². The lowest BCUT2D eigenvalue weighted by Gasteiger charge is -2.17. The van der Waals surface area contributed by atoms with Crippen LogP contribution in [0.3, 0.4) is 0 Å². The molecule has 1 atom stereocenters. The van der Waals surface area contributed by atoms with Gasteiger partial charge in [0.2, 0.25) is 0 Å². The van der Waals surface area contributed by atoms with E-state index in [2.05, 4.69) is 10.0 Å². The topological polar surface area (TPSA) is 93.7 Å². The van der Waals surface area contributed by atoms with Gasteiger partial charge >= 0.3 is 0 Å². The van der Waals surface area contributed by atoms with Crippen molar-refractivity contribution in [2.24, 2.45) is 0 Å². The minimum Gasteiger partial charge on any atom is -0.493 e. The molecule has 0 aliphatic carbocycles. The van der Waals surface area contributed by atoms with E-state index in [9.17, 15) is 13.2 Å². The fourth-order valence-corrected chi connectivity index (χ4v) is 4.43. The highest BCUT2D eigenvalue weighted by Crippen LogP contribution is 2.30. The Kier molecular flexibility index (Phi) is 7.50. The summed E-state index contributed by atoms with van der Waals surface area (Å²) in [5.74, 6) is 0.677. The average Bonchev–Trinajstić information content (AvgIpc) is 2.79. The number of carbonyl (C=O) groups excluding carboxylic acids is 1. The van der Waals surface area contributed by atoms with Gasteiger partial charge in [-0.2, -0.15) is 0 Å². The molecule has 2 N–H and O–H groups in total. The number of rotatable bonds is 8. The first kappa shape index (κ1) is 24.4. The van der Waals surface area contributed by atoms with Gasteiger partial charge < -0.3 is 14.8 Å². The van der Waals surface area contributed by atoms with Gasteiger partial charge in [-0.25, -0.2) is 8.42 Å². The number of anilines is 1. The Hall–Kier alpha value is -3.23. The lowest BCUT2D eigenvalue weighted by atomic mass is 10.1. The Balaban J connectivity index is 1.80. The van der Waals surface area contributed by atoms with Gasteiger partial charge in [-0.1, -0.05) is 35.4 Å². The highest BCUT2D eigenvalue weighted by Gasteiger charge is 2.19. The zero-order chi connectivity index (χ0) is 24.2. The van der Waals surface area contributed by atoms with Crippen molar-refractivity contribution in [3.63, 3.8) is 0 Å². The van der Waals surface area contributed by atoms with Crippen LogP contribution in [0, 0.1) is 6.92 Å². The number of sulfonamides is 1. The van der Waals surface area contributed by atoms with Crippen molar-refractivity contribution in [3.8, 4) is 11.5 Å². The molecule has 0 bridgehead atoms. The van der Waals surface area contributed by atoms with Gasteiger partial charge in [-0.15, -0.1) is 0 Å². The van der Waals surface area contributed by atoms with Crippen LogP contribution in [0.1, 0.15) is 34.5 Å². The quantitative estimate of drug-likeness (QED) is 0.467. The van der Waals surface area contributed by atoms with E-state index >= 15 is 0 Å². The third-order valence-corrected chi connectivity index (χ3v) is 6.78. The minimum atomic E-state index is -3.82. The number of aryl methyl sites for hydroxylation is 1. The molecule has 0 radical (unpaired) electrons. The Morgan fingerprint density at radius 2 is 1.61 bits per heavy atom. The number of methoxy groups -OCH3 is 2. The van der Waals surface area contributed by atoms with Gasteiger partial charge in [-0.05, 0) is 61.9 Å². The first-order chi connectivity index (χ1) is 15.6. The summed E-state index contributed by atoms with van der Waals surface area (Å²) in [5.41, 5.74) is 2.12. The average molecular weight is 489 g/mol. The predicted molar refractivity (Wildman–Crippen MR) is 129 cm³/mol. The first-order valence-electron chi connectivity index (χ1n) is 10.1. The third kappa shape index (κ3) is 5.77. The summed E-state index contributed by atoms with van der Waals surface area (Å²) in [6.07, 6.45) is 0. The standard InChI is InChI=1S/C24H25ClN2O5S/c1-15-5-9-19(10-6-15)33(29,30)27-18-8-11-21(25)20(14-18)24(28)26-16(2)17-7-12-22(31-3)23(13-17)32-4/h5-14,16,27H,1-4H3,(H,26,28)/t16-/m0/s1. The van der Waals surface area contributed by atoms with Crippen molar-refractivity contribution in [2.75, 3.05) is 18.9 Å². The van der Waals surface area contributed by atoms with E-state index in [4.69, 9.17) is 21.1 Å². The molecule has 0 saturated carbocycles. The minimum absolute atomic E-state index is 0.121. The van der Waals surface area contributed by atoms with Crippen LogP contribution in [0.5, 0.6) is 11.5 Å². The van der Waals surface area contributed by atoms with E-state index in [1.54, 1.807) is 31.4 Å². The van der Waals surface area contributed by atoms with Crippen LogP contribution in [0.25, 0.3) is 0 Å². The van der Waals surface area contributed by atoms with E-state index in [1.165, 1.54) is 37.4 Å².